The summed E-state index contributed by atoms with van der Waals surface area (Å²) in [5.41, 5.74) is 1.03. The third-order valence-corrected chi connectivity index (χ3v) is 5.41. The molecule has 0 N–H and O–H groups in total. The lowest BCUT2D eigenvalue weighted by Gasteiger charge is -2.15. The van der Waals surface area contributed by atoms with Crippen molar-refractivity contribution in [3.8, 4) is 0 Å². The molecule has 0 aromatic carbocycles. The van der Waals surface area contributed by atoms with Crippen LogP contribution in [0.25, 0.3) is 0 Å². The third kappa shape index (κ3) is 2.67. The van der Waals surface area contributed by atoms with Gasteiger partial charge in [-0.1, -0.05) is 6.42 Å². The molecule has 0 radical (unpaired) electrons. The van der Waals surface area contributed by atoms with Gasteiger partial charge in [-0.25, -0.2) is 4.98 Å². The Labute approximate surface area is 112 Å². The van der Waals surface area contributed by atoms with Crippen LogP contribution in [0.4, 0.5) is 0 Å². The zero-order valence-electron chi connectivity index (χ0n) is 10.1. The van der Waals surface area contributed by atoms with Crippen LogP contribution in [0.1, 0.15) is 30.0 Å². The molecule has 1 aromatic rings. The molecule has 2 nitrogen and oxygen atoms in total. The Balaban J connectivity index is 1.48. The number of rotatable bonds is 4. The van der Waals surface area contributed by atoms with Gasteiger partial charge in [-0.15, -0.1) is 22.9 Å². The van der Waals surface area contributed by atoms with Crippen LogP contribution in [0.3, 0.4) is 0 Å². The second-order valence-electron chi connectivity index (χ2n) is 5.33. The van der Waals surface area contributed by atoms with Crippen molar-refractivity contribution in [2.45, 2.75) is 31.6 Å². The molecule has 0 bridgehead atoms. The first-order valence-electron chi connectivity index (χ1n) is 6.57. The van der Waals surface area contributed by atoms with Gasteiger partial charge in [0.25, 0.3) is 0 Å². The van der Waals surface area contributed by atoms with Crippen molar-refractivity contribution >= 4 is 22.9 Å². The van der Waals surface area contributed by atoms with E-state index in [0.717, 1.165) is 24.0 Å². The van der Waals surface area contributed by atoms with Gasteiger partial charge in [-0.05, 0) is 24.7 Å². The van der Waals surface area contributed by atoms with Gasteiger partial charge in [0.05, 0.1) is 16.6 Å². The fourth-order valence-corrected chi connectivity index (χ4v) is 4.31. The number of nitrogens with zero attached hydrogens (tertiary/aromatic N) is 2. The second kappa shape index (κ2) is 5.25. The topological polar surface area (TPSA) is 16.1 Å². The van der Waals surface area contributed by atoms with E-state index in [1.807, 2.05) is 0 Å². The molecule has 4 heteroatoms. The van der Waals surface area contributed by atoms with E-state index in [2.05, 4.69) is 15.3 Å². The molecule has 2 fully saturated rings. The zero-order chi connectivity index (χ0) is 11.7. The largest absolute Gasteiger partial charge is 0.302 e. The Morgan fingerprint density at radius 1 is 1.35 bits per heavy atom. The summed E-state index contributed by atoms with van der Waals surface area (Å²) in [5.74, 6) is 2.55. The van der Waals surface area contributed by atoms with E-state index in [4.69, 9.17) is 11.6 Å². The maximum atomic E-state index is 5.77. The second-order valence-corrected chi connectivity index (χ2v) is 6.54. The first kappa shape index (κ1) is 11.9. The normalized spacial score (nSPS) is 28.8. The lowest BCUT2D eigenvalue weighted by molar-refractivity contribution is 0.315. The molecule has 3 rings (SSSR count). The van der Waals surface area contributed by atoms with Crippen LogP contribution < -0.4 is 0 Å². The summed E-state index contributed by atoms with van der Waals surface area (Å²) in [5, 5.41) is 3.33. The van der Waals surface area contributed by atoms with Crippen LogP contribution in [0, 0.1) is 11.8 Å². The zero-order valence-corrected chi connectivity index (χ0v) is 11.6. The molecule has 17 heavy (non-hydrogen) atoms. The van der Waals surface area contributed by atoms with E-state index in [0.29, 0.717) is 5.88 Å². The lowest BCUT2D eigenvalue weighted by Crippen LogP contribution is -2.24. The molecule has 0 amide bonds. The van der Waals surface area contributed by atoms with E-state index < -0.39 is 0 Å². The fourth-order valence-electron chi connectivity index (χ4n) is 3.29. The van der Waals surface area contributed by atoms with Crippen LogP contribution in [-0.2, 0) is 12.3 Å². The number of alkyl halides is 1. The summed E-state index contributed by atoms with van der Waals surface area (Å²) in [6.45, 7) is 3.85. The Bertz CT molecular complexity index is 367. The average Bonchev–Trinajstić information content (AvgIpc) is 3.01. The Morgan fingerprint density at radius 3 is 2.76 bits per heavy atom. The van der Waals surface area contributed by atoms with E-state index >= 15 is 0 Å². The van der Waals surface area contributed by atoms with Gasteiger partial charge in [-0.2, -0.15) is 0 Å². The molecule has 2 unspecified atom stereocenters. The van der Waals surface area contributed by atoms with Crippen molar-refractivity contribution in [1.82, 2.24) is 9.88 Å². The SMILES string of the molecule is ClCc1csc(CCN2CC3CCCC3C2)n1. The van der Waals surface area contributed by atoms with Gasteiger partial charge >= 0.3 is 0 Å². The first-order valence-corrected chi connectivity index (χ1v) is 7.98. The van der Waals surface area contributed by atoms with E-state index in [1.54, 1.807) is 11.3 Å². The van der Waals surface area contributed by atoms with Gasteiger partial charge in [0.1, 0.15) is 0 Å². The minimum absolute atomic E-state index is 0.546. The summed E-state index contributed by atoms with van der Waals surface area (Å²) in [7, 11) is 0. The van der Waals surface area contributed by atoms with Crippen LogP contribution in [0.2, 0.25) is 0 Å². The number of fused-ring (bicyclic) bond motifs is 1. The van der Waals surface area contributed by atoms with E-state index in [-0.39, 0.29) is 0 Å². The number of hydrogen-bond acceptors (Lipinski definition) is 3. The summed E-state index contributed by atoms with van der Waals surface area (Å²) in [6.07, 6.45) is 5.50. The van der Waals surface area contributed by atoms with Gasteiger partial charge in [0.2, 0.25) is 0 Å². The molecule has 2 heterocycles. The summed E-state index contributed by atoms with van der Waals surface area (Å²) in [6, 6.07) is 0. The highest BCUT2D eigenvalue weighted by Gasteiger charge is 2.35. The Kier molecular flexibility index (Phi) is 3.69. The maximum absolute atomic E-state index is 5.77. The molecular formula is C13H19ClN2S. The third-order valence-electron chi connectivity index (χ3n) is 4.18. The van der Waals surface area contributed by atoms with Crippen molar-refractivity contribution in [2.24, 2.45) is 11.8 Å². The van der Waals surface area contributed by atoms with Crippen molar-refractivity contribution in [2.75, 3.05) is 19.6 Å². The van der Waals surface area contributed by atoms with Gasteiger partial charge in [-0.3, -0.25) is 0 Å². The van der Waals surface area contributed by atoms with Crippen LogP contribution in [-0.4, -0.2) is 29.5 Å². The predicted molar refractivity (Wildman–Crippen MR) is 72.6 cm³/mol. The van der Waals surface area contributed by atoms with Crippen molar-refractivity contribution in [3.63, 3.8) is 0 Å². The predicted octanol–water partition coefficient (Wildman–Crippen LogP) is 3.16. The number of likely N-dealkylation sites (tertiary alicyclic amines) is 1. The van der Waals surface area contributed by atoms with Gasteiger partial charge < -0.3 is 4.90 Å². The van der Waals surface area contributed by atoms with Gasteiger partial charge in [0.15, 0.2) is 0 Å². The number of aromatic nitrogens is 1. The van der Waals surface area contributed by atoms with Crippen LogP contribution in [0.5, 0.6) is 0 Å². The Hall–Kier alpha value is -0.120. The number of thiazole rings is 1. The van der Waals surface area contributed by atoms with Crippen molar-refractivity contribution < 1.29 is 0 Å². The highest BCUT2D eigenvalue weighted by Crippen LogP contribution is 2.37. The number of halogens is 1. The molecule has 2 aliphatic rings. The standard InChI is InChI=1S/C13H19ClN2S/c14-6-12-9-17-13(15-12)4-5-16-7-10-2-1-3-11(10)8-16/h9-11H,1-8H2. The van der Waals surface area contributed by atoms with Crippen LogP contribution >= 0.6 is 22.9 Å². The molecule has 2 atom stereocenters. The van der Waals surface area contributed by atoms with E-state index in [9.17, 15) is 0 Å². The molecule has 1 aliphatic heterocycles. The maximum Gasteiger partial charge on any atom is 0.0941 e. The highest BCUT2D eigenvalue weighted by molar-refractivity contribution is 7.09. The minimum Gasteiger partial charge on any atom is -0.302 e. The molecule has 1 aliphatic carbocycles. The van der Waals surface area contributed by atoms with E-state index in [1.165, 1.54) is 43.9 Å². The van der Waals surface area contributed by atoms with Crippen molar-refractivity contribution in [3.05, 3.63) is 16.1 Å². The summed E-state index contributed by atoms with van der Waals surface area (Å²) >= 11 is 7.52. The van der Waals surface area contributed by atoms with Crippen LogP contribution in [0.15, 0.2) is 5.38 Å². The fraction of sp³-hybridized carbons (Fsp3) is 0.769. The lowest BCUT2D eigenvalue weighted by atomic mass is 10.0. The van der Waals surface area contributed by atoms with Crippen molar-refractivity contribution in [1.29, 1.82) is 0 Å². The average molecular weight is 271 g/mol. The highest BCUT2D eigenvalue weighted by atomic mass is 35.5. The first-order chi connectivity index (χ1) is 8.35. The molecule has 0 spiro atoms. The monoisotopic (exact) mass is 270 g/mol. The molecule has 1 saturated carbocycles. The smallest absolute Gasteiger partial charge is 0.0941 e. The molecular weight excluding hydrogens is 252 g/mol. The molecule has 1 aromatic heterocycles. The minimum atomic E-state index is 0.546. The molecule has 1 saturated heterocycles. The number of hydrogen-bond donors (Lipinski definition) is 0. The quantitative estimate of drug-likeness (QED) is 0.782. The van der Waals surface area contributed by atoms with Gasteiger partial charge in [0, 0.05) is 31.4 Å². The summed E-state index contributed by atoms with van der Waals surface area (Å²) in [4.78, 5) is 7.16. The Morgan fingerprint density at radius 2 is 2.12 bits per heavy atom. The summed E-state index contributed by atoms with van der Waals surface area (Å²) < 4.78 is 0. The molecule has 94 valence electrons.